The minimum absolute atomic E-state index is 0.0146. The molecule has 2 amide bonds. The molecule has 3 aromatic rings. The summed E-state index contributed by atoms with van der Waals surface area (Å²) in [7, 11) is 0. The zero-order valence-corrected chi connectivity index (χ0v) is 21.7. The van der Waals surface area contributed by atoms with Gasteiger partial charge in [0.2, 0.25) is 11.8 Å². The summed E-state index contributed by atoms with van der Waals surface area (Å²) in [5.74, 6) is -0.363. The van der Waals surface area contributed by atoms with Crippen molar-refractivity contribution in [3.8, 4) is 0 Å². The van der Waals surface area contributed by atoms with Gasteiger partial charge >= 0.3 is 0 Å². The van der Waals surface area contributed by atoms with Gasteiger partial charge in [0.25, 0.3) is 0 Å². The van der Waals surface area contributed by atoms with E-state index in [0.717, 1.165) is 23.4 Å². The Morgan fingerprint density at radius 3 is 2.43 bits per heavy atom. The van der Waals surface area contributed by atoms with E-state index in [1.807, 2.05) is 99.5 Å². The van der Waals surface area contributed by atoms with Crippen LogP contribution in [-0.4, -0.2) is 44.8 Å². The first kappa shape index (κ1) is 25.1. The normalized spacial score (nSPS) is 16.5. The molecule has 184 valence electrons. The number of hydrogen-bond acceptors (Lipinski definition) is 2. The van der Waals surface area contributed by atoms with E-state index >= 15 is 0 Å². The monoisotopic (exact) mass is 491 g/mol. The van der Waals surface area contributed by atoms with Gasteiger partial charge in [-0.3, -0.25) is 9.59 Å². The van der Waals surface area contributed by atoms with Crippen molar-refractivity contribution in [2.75, 3.05) is 13.1 Å². The molecular formula is C29H34ClN3O2. The standard InChI is InChI=1S/C29H34ClN3O2/c1-5-24(21-11-7-6-8-12-21)28(35)33(29(2,3)4)20-26(34)32-18-17-31-16-10-15-25(31)27(32)22-13-9-14-23(30)19-22/h6-16,19,24,27H,5,17-18,20H2,1-4H3. The van der Waals surface area contributed by atoms with E-state index in [9.17, 15) is 9.59 Å². The van der Waals surface area contributed by atoms with Crippen LogP contribution in [0.25, 0.3) is 0 Å². The first-order valence-corrected chi connectivity index (χ1v) is 12.6. The third-order valence-electron chi connectivity index (χ3n) is 6.80. The van der Waals surface area contributed by atoms with Gasteiger partial charge < -0.3 is 14.4 Å². The molecule has 35 heavy (non-hydrogen) atoms. The number of amides is 2. The van der Waals surface area contributed by atoms with E-state index < -0.39 is 5.54 Å². The lowest BCUT2D eigenvalue weighted by Gasteiger charge is -2.42. The van der Waals surface area contributed by atoms with Crippen molar-refractivity contribution in [2.45, 2.75) is 58.2 Å². The SMILES string of the molecule is CCC(C(=O)N(CC(=O)N1CCn2cccc2C1c1cccc(Cl)c1)C(C)(C)C)c1ccccc1. The van der Waals surface area contributed by atoms with Crippen molar-refractivity contribution >= 4 is 23.4 Å². The van der Waals surface area contributed by atoms with Gasteiger partial charge in [0.05, 0.1) is 12.0 Å². The maximum atomic E-state index is 13.9. The van der Waals surface area contributed by atoms with Crippen molar-refractivity contribution in [1.29, 1.82) is 0 Å². The van der Waals surface area contributed by atoms with Crippen LogP contribution in [0, 0.1) is 0 Å². The Kier molecular flexibility index (Phi) is 7.36. The number of rotatable bonds is 6. The molecule has 2 atom stereocenters. The summed E-state index contributed by atoms with van der Waals surface area (Å²) in [6.07, 6.45) is 2.72. The summed E-state index contributed by atoms with van der Waals surface area (Å²) in [5.41, 5.74) is 2.50. The van der Waals surface area contributed by atoms with Gasteiger partial charge in [0.15, 0.2) is 0 Å². The van der Waals surface area contributed by atoms with E-state index in [4.69, 9.17) is 11.6 Å². The van der Waals surface area contributed by atoms with E-state index in [-0.39, 0.29) is 30.3 Å². The van der Waals surface area contributed by atoms with Crippen LogP contribution in [0.15, 0.2) is 72.9 Å². The number of carbonyl (C=O) groups excluding carboxylic acids is 2. The summed E-state index contributed by atoms with van der Waals surface area (Å²) >= 11 is 6.32. The molecule has 2 aromatic carbocycles. The average Bonchev–Trinajstić information content (AvgIpc) is 3.31. The fourth-order valence-electron chi connectivity index (χ4n) is 4.98. The lowest BCUT2D eigenvalue weighted by Crippen LogP contribution is -2.54. The van der Waals surface area contributed by atoms with E-state index in [1.54, 1.807) is 4.90 Å². The third kappa shape index (κ3) is 5.30. The van der Waals surface area contributed by atoms with Crippen LogP contribution in [-0.2, 0) is 16.1 Å². The summed E-state index contributed by atoms with van der Waals surface area (Å²) in [6, 6.07) is 21.3. The smallest absolute Gasteiger partial charge is 0.243 e. The highest BCUT2D eigenvalue weighted by Crippen LogP contribution is 2.34. The minimum Gasteiger partial charge on any atom is -0.348 e. The van der Waals surface area contributed by atoms with Crippen LogP contribution in [0.4, 0.5) is 0 Å². The number of fused-ring (bicyclic) bond motifs is 1. The van der Waals surface area contributed by atoms with E-state index in [0.29, 0.717) is 18.0 Å². The second-order valence-corrected chi connectivity index (χ2v) is 10.6. The Bertz CT molecular complexity index is 1180. The van der Waals surface area contributed by atoms with Gasteiger partial charge in [0, 0.05) is 35.5 Å². The molecule has 0 bridgehead atoms. The Morgan fingerprint density at radius 2 is 1.77 bits per heavy atom. The quantitative estimate of drug-likeness (QED) is 0.431. The lowest BCUT2D eigenvalue weighted by atomic mass is 9.92. The first-order valence-electron chi connectivity index (χ1n) is 12.3. The number of nitrogens with zero attached hydrogens (tertiary/aromatic N) is 3. The molecule has 0 saturated heterocycles. The third-order valence-corrected chi connectivity index (χ3v) is 7.04. The van der Waals surface area contributed by atoms with Gasteiger partial charge in [-0.2, -0.15) is 0 Å². The maximum absolute atomic E-state index is 13.9. The first-order chi connectivity index (χ1) is 16.7. The summed E-state index contributed by atoms with van der Waals surface area (Å²) in [4.78, 5) is 31.4. The van der Waals surface area contributed by atoms with Gasteiger partial charge in [0.1, 0.15) is 6.54 Å². The molecule has 0 N–H and O–H groups in total. The second-order valence-electron chi connectivity index (χ2n) is 10.1. The van der Waals surface area contributed by atoms with Crippen LogP contribution in [0.2, 0.25) is 5.02 Å². The Balaban J connectivity index is 1.65. The number of benzene rings is 2. The topological polar surface area (TPSA) is 45.6 Å². The molecular weight excluding hydrogens is 458 g/mol. The maximum Gasteiger partial charge on any atom is 0.243 e. The Hall–Kier alpha value is -3.05. The van der Waals surface area contributed by atoms with Gasteiger partial charge in [-0.05, 0) is 62.6 Å². The highest BCUT2D eigenvalue weighted by atomic mass is 35.5. The molecule has 6 heteroatoms. The molecule has 2 unspecified atom stereocenters. The predicted octanol–water partition coefficient (Wildman–Crippen LogP) is 5.89. The van der Waals surface area contributed by atoms with Crippen LogP contribution in [0.5, 0.6) is 0 Å². The molecule has 5 nitrogen and oxygen atoms in total. The van der Waals surface area contributed by atoms with E-state index in [1.165, 1.54) is 0 Å². The molecule has 1 aliphatic rings. The largest absolute Gasteiger partial charge is 0.348 e. The molecule has 4 rings (SSSR count). The van der Waals surface area contributed by atoms with Crippen molar-refractivity contribution in [1.82, 2.24) is 14.4 Å². The minimum atomic E-state index is -0.503. The van der Waals surface area contributed by atoms with Crippen LogP contribution in [0.3, 0.4) is 0 Å². The zero-order chi connectivity index (χ0) is 25.2. The summed E-state index contributed by atoms with van der Waals surface area (Å²) in [6.45, 7) is 9.31. The van der Waals surface area contributed by atoms with Gasteiger partial charge in [-0.15, -0.1) is 0 Å². The Morgan fingerprint density at radius 1 is 1.03 bits per heavy atom. The summed E-state index contributed by atoms with van der Waals surface area (Å²) < 4.78 is 2.19. The highest BCUT2D eigenvalue weighted by Gasteiger charge is 2.37. The summed E-state index contributed by atoms with van der Waals surface area (Å²) in [5, 5.41) is 0.638. The molecule has 1 aromatic heterocycles. The Labute approximate surface area is 213 Å². The van der Waals surface area contributed by atoms with Crippen molar-refractivity contribution < 1.29 is 9.59 Å². The highest BCUT2D eigenvalue weighted by molar-refractivity contribution is 6.30. The van der Waals surface area contributed by atoms with Crippen molar-refractivity contribution in [3.63, 3.8) is 0 Å². The fourth-order valence-corrected chi connectivity index (χ4v) is 5.18. The molecule has 1 aliphatic heterocycles. The second kappa shape index (κ2) is 10.3. The molecule has 0 saturated carbocycles. The fraction of sp³-hybridized carbons (Fsp3) is 0.379. The molecule has 0 aliphatic carbocycles. The zero-order valence-electron chi connectivity index (χ0n) is 20.9. The van der Waals surface area contributed by atoms with Gasteiger partial charge in [-0.1, -0.05) is 61.0 Å². The number of hydrogen-bond donors (Lipinski definition) is 0. The molecule has 0 fully saturated rings. The van der Waals surface area contributed by atoms with Crippen molar-refractivity contribution in [2.24, 2.45) is 0 Å². The van der Waals surface area contributed by atoms with E-state index in [2.05, 4.69) is 10.6 Å². The number of aromatic nitrogens is 1. The van der Waals surface area contributed by atoms with Crippen LogP contribution in [0.1, 0.15) is 62.9 Å². The number of halogens is 1. The van der Waals surface area contributed by atoms with Crippen molar-refractivity contribution in [3.05, 3.63) is 94.8 Å². The molecule has 0 spiro atoms. The van der Waals surface area contributed by atoms with Crippen LogP contribution >= 0.6 is 11.6 Å². The number of carbonyl (C=O) groups is 2. The molecule has 2 heterocycles. The predicted molar refractivity (Wildman–Crippen MR) is 140 cm³/mol. The van der Waals surface area contributed by atoms with Crippen LogP contribution < -0.4 is 0 Å². The molecule has 0 radical (unpaired) electrons. The average molecular weight is 492 g/mol. The lowest BCUT2D eigenvalue weighted by molar-refractivity contribution is -0.147. The van der Waals surface area contributed by atoms with Gasteiger partial charge in [-0.25, -0.2) is 0 Å².